The predicted molar refractivity (Wildman–Crippen MR) is 82.1 cm³/mol. The van der Waals surface area contributed by atoms with E-state index in [1.54, 1.807) is 18.2 Å². The summed E-state index contributed by atoms with van der Waals surface area (Å²) in [7, 11) is 0. The Morgan fingerprint density at radius 1 is 1.40 bits per heavy atom. The minimum atomic E-state index is -0.203. The molecular formula is C15H23ClN2O2. The number of carbonyl (C=O) groups is 1. The summed E-state index contributed by atoms with van der Waals surface area (Å²) in [6, 6.07) is 5.22. The van der Waals surface area contributed by atoms with Gasteiger partial charge in [-0.3, -0.25) is 4.79 Å². The number of ether oxygens (including phenoxy) is 1. The van der Waals surface area contributed by atoms with Gasteiger partial charge in [0.25, 0.3) is 5.91 Å². The Hall–Kier alpha value is -1.26. The van der Waals surface area contributed by atoms with Gasteiger partial charge in [0.2, 0.25) is 0 Å². The van der Waals surface area contributed by atoms with Crippen LogP contribution < -0.4 is 15.8 Å². The van der Waals surface area contributed by atoms with Crippen molar-refractivity contribution in [2.75, 3.05) is 6.61 Å². The van der Waals surface area contributed by atoms with E-state index in [-0.39, 0.29) is 24.6 Å². The first-order chi connectivity index (χ1) is 9.47. The van der Waals surface area contributed by atoms with E-state index in [1.165, 1.54) is 0 Å². The van der Waals surface area contributed by atoms with Gasteiger partial charge in [-0.15, -0.1) is 0 Å². The van der Waals surface area contributed by atoms with E-state index in [0.717, 1.165) is 18.4 Å². The third-order valence-electron chi connectivity index (χ3n) is 3.17. The topological polar surface area (TPSA) is 64.3 Å². The second-order valence-corrected chi connectivity index (χ2v) is 5.28. The van der Waals surface area contributed by atoms with Crippen LogP contribution in [0.25, 0.3) is 0 Å². The maximum Gasteiger partial charge on any atom is 0.258 e. The summed E-state index contributed by atoms with van der Waals surface area (Å²) in [5.74, 6) is 0.480. The number of hydrogen-bond donors (Lipinski definition) is 2. The number of halogens is 1. The highest BCUT2D eigenvalue weighted by Gasteiger charge is 2.12. The molecular weight excluding hydrogens is 276 g/mol. The van der Waals surface area contributed by atoms with Gasteiger partial charge in [-0.05, 0) is 38.0 Å². The Kier molecular flexibility index (Phi) is 6.82. The number of carbonyl (C=O) groups excluding carboxylic acids is 1. The molecule has 0 spiro atoms. The minimum Gasteiger partial charge on any atom is -0.483 e. The summed E-state index contributed by atoms with van der Waals surface area (Å²) in [5.41, 5.74) is 6.67. The molecule has 0 heterocycles. The monoisotopic (exact) mass is 298 g/mol. The molecule has 0 aliphatic carbocycles. The first-order valence-electron chi connectivity index (χ1n) is 6.95. The van der Waals surface area contributed by atoms with Crippen molar-refractivity contribution in [3.05, 3.63) is 28.8 Å². The maximum atomic E-state index is 11.8. The van der Waals surface area contributed by atoms with Gasteiger partial charge in [0, 0.05) is 22.7 Å². The molecule has 0 aromatic heterocycles. The van der Waals surface area contributed by atoms with Crippen LogP contribution in [-0.4, -0.2) is 18.6 Å². The van der Waals surface area contributed by atoms with Gasteiger partial charge in [0.15, 0.2) is 6.61 Å². The lowest BCUT2D eigenvalue weighted by Gasteiger charge is -2.17. The Bertz CT molecular complexity index is 445. The molecule has 0 saturated carbocycles. The SMILES string of the molecule is CCC(CC)NC(=O)COc1ccc(Cl)cc1[C@@H](C)N. The molecule has 0 saturated heterocycles. The quantitative estimate of drug-likeness (QED) is 0.813. The Labute approximate surface area is 125 Å². The highest BCUT2D eigenvalue weighted by Crippen LogP contribution is 2.27. The van der Waals surface area contributed by atoms with Crippen molar-refractivity contribution in [2.45, 2.75) is 45.7 Å². The Balaban J connectivity index is 2.63. The van der Waals surface area contributed by atoms with E-state index in [0.29, 0.717) is 10.8 Å². The lowest BCUT2D eigenvalue weighted by molar-refractivity contribution is -0.123. The van der Waals surface area contributed by atoms with E-state index in [4.69, 9.17) is 22.1 Å². The van der Waals surface area contributed by atoms with Crippen molar-refractivity contribution in [1.82, 2.24) is 5.32 Å². The average molecular weight is 299 g/mol. The third-order valence-corrected chi connectivity index (χ3v) is 3.41. The second-order valence-electron chi connectivity index (χ2n) is 4.84. The number of nitrogens with one attached hydrogen (secondary N) is 1. The molecule has 0 aliphatic rings. The minimum absolute atomic E-state index is 0.0160. The Morgan fingerprint density at radius 2 is 2.05 bits per heavy atom. The number of nitrogens with two attached hydrogens (primary N) is 1. The Morgan fingerprint density at radius 3 is 2.60 bits per heavy atom. The van der Waals surface area contributed by atoms with E-state index < -0.39 is 0 Å². The molecule has 0 radical (unpaired) electrons. The average Bonchev–Trinajstić information content (AvgIpc) is 2.43. The standard InChI is InChI=1S/C15H23ClN2O2/c1-4-12(5-2)18-15(19)9-20-14-7-6-11(16)8-13(14)10(3)17/h6-8,10,12H,4-5,9,17H2,1-3H3,(H,18,19)/t10-/m1/s1. The van der Waals surface area contributed by atoms with Crippen molar-refractivity contribution >= 4 is 17.5 Å². The van der Waals surface area contributed by atoms with Crippen LogP contribution in [0.1, 0.15) is 45.2 Å². The molecule has 20 heavy (non-hydrogen) atoms. The van der Waals surface area contributed by atoms with E-state index in [9.17, 15) is 4.79 Å². The van der Waals surface area contributed by atoms with Crippen molar-refractivity contribution in [1.29, 1.82) is 0 Å². The molecule has 1 atom stereocenters. The molecule has 0 fully saturated rings. The summed E-state index contributed by atoms with van der Waals surface area (Å²) in [6.45, 7) is 5.92. The first kappa shape index (κ1) is 16.8. The normalized spacial score (nSPS) is 12.3. The van der Waals surface area contributed by atoms with Crippen LogP contribution in [0.4, 0.5) is 0 Å². The zero-order valence-electron chi connectivity index (χ0n) is 12.3. The zero-order chi connectivity index (χ0) is 15.1. The predicted octanol–water partition coefficient (Wildman–Crippen LogP) is 3.04. The van der Waals surface area contributed by atoms with Gasteiger partial charge >= 0.3 is 0 Å². The fourth-order valence-electron chi connectivity index (χ4n) is 1.91. The van der Waals surface area contributed by atoms with Crippen molar-refractivity contribution < 1.29 is 9.53 Å². The zero-order valence-corrected chi connectivity index (χ0v) is 13.0. The van der Waals surface area contributed by atoms with Crippen molar-refractivity contribution in [2.24, 2.45) is 5.73 Å². The molecule has 1 amide bonds. The fraction of sp³-hybridized carbons (Fsp3) is 0.533. The summed E-state index contributed by atoms with van der Waals surface area (Å²) in [4.78, 5) is 11.8. The van der Waals surface area contributed by atoms with Gasteiger partial charge in [-0.1, -0.05) is 25.4 Å². The molecule has 1 aromatic carbocycles. The van der Waals surface area contributed by atoms with Gasteiger partial charge in [0.1, 0.15) is 5.75 Å². The van der Waals surface area contributed by atoms with Gasteiger partial charge in [-0.2, -0.15) is 0 Å². The molecule has 112 valence electrons. The van der Waals surface area contributed by atoms with Gasteiger partial charge in [0.05, 0.1) is 0 Å². The summed E-state index contributed by atoms with van der Waals surface area (Å²) < 4.78 is 5.55. The number of benzene rings is 1. The van der Waals surface area contributed by atoms with Gasteiger partial charge in [-0.25, -0.2) is 0 Å². The van der Waals surface area contributed by atoms with Crippen LogP contribution in [0.5, 0.6) is 5.75 Å². The smallest absolute Gasteiger partial charge is 0.258 e. The van der Waals surface area contributed by atoms with E-state index in [1.807, 2.05) is 20.8 Å². The highest BCUT2D eigenvalue weighted by atomic mass is 35.5. The number of amides is 1. The molecule has 4 nitrogen and oxygen atoms in total. The molecule has 3 N–H and O–H groups in total. The van der Waals surface area contributed by atoms with Crippen molar-refractivity contribution in [3.8, 4) is 5.75 Å². The highest BCUT2D eigenvalue weighted by molar-refractivity contribution is 6.30. The maximum absolute atomic E-state index is 11.8. The van der Waals surface area contributed by atoms with Crippen LogP contribution in [-0.2, 0) is 4.79 Å². The molecule has 0 aliphatic heterocycles. The van der Waals surface area contributed by atoms with Crippen LogP contribution in [0.3, 0.4) is 0 Å². The number of rotatable bonds is 7. The third kappa shape index (κ3) is 5.02. The molecule has 0 unspecified atom stereocenters. The fourth-order valence-corrected chi connectivity index (χ4v) is 2.09. The first-order valence-corrected chi connectivity index (χ1v) is 7.32. The van der Waals surface area contributed by atoms with Crippen LogP contribution in [0.2, 0.25) is 5.02 Å². The van der Waals surface area contributed by atoms with Crippen molar-refractivity contribution in [3.63, 3.8) is 0 Å². The lowest BCUT2D eigenvalue weighted by atomic mass is 10.1. The van der Waals surface area contributed by atoms with Crippen LogP contribution >= 0.6 is 11.6 Å². The van der Waals surface area contributed by atoms with Crippen LogP contribution in [0.15, 0.2) is 18.2 Å². The van der Waals surface area contributed by atoms with E-state index in [2.05, 4.69) is 5.32 Å². The summed E-state index contributed by atoms with van der Waals surface area (Å²) in [5, 5.41) is 3.53. The molecule has 1 aromatic rings. The van der Waals surface area contributed by atoms with Crippen LogP contribution in [0, 0.1) is 0 Å². The lowest BCUT2D eigenvalue weighted by Crippen LogP contribution is -2.37. The molecule has 0 bridgehead atoms. The summed E-state index contributed by atoms with van der Waals surface area (Å²) in [6.07, 6.45) is 1.82. The number of hydrogen-bond acceptors (Lipinski definition) is 3. The molecule has 5 heteroatoms. The largest absolute Gasteiger partial charge is 0.483 e. The van der Waals surface area contributed by atoms with E-state index >= 15 is 0 Å². The summed E-state index contributed by atoms with van der Waals surface area (Å²) >= 11 is 5.94. The second kappa shape index (κ2) is 8.12. The molecule has 1 rings (SSSR count). The van der Waals surface area contributed by atoms with Gasteiger partial charge < -0.3 is 15.8 Å².